The summed E-state index contributed by atoms with van der Waals surface area (Å²) in [5, 5.41) is 5.81. The molecule has 3 N–H and O–H groups in total. The Hall–Kier alpha value is -3.82. The Morgan fingerprint density at radius 2 is 1.73 bits per heavy atom. The summed E-state index contributed by atoms with van der Waals surface area (Å²) in [6, 6.07) is 19.0. The molecule has 5 aromatic rings. The normalized spacial score (nSPS) is 12.6. The lowest BCUT2D eigenvalue weighted by molar-refractivity contribution is -0.137. The van der Waals surface area contributed by atoms with Crippen molar-refractivity contribution >= 4 is 27.2 Å². The van der Waals surface area contributed by atoms with Crippen LogP contribution in [0.5, 0.6) is 0 Å². The molecule has 3 aromatic carbocycles. The van der Waals surface area contributed by atoms with E-state index in [4.69, 9.17) is 5.73 Å². The fourth-order valence-corrected chi connectivity index (χ4v) is 5.06. The van der Waals surface area contributed by atoms with Crippen LogP contribution in [-0.2, 0) is 12.6 Å². The number of halogens is 4. The molecule has 0 aliphatic carbocycles. The van der Waals surface area contributed by atoms with E-state index in [1.165, 1.54) is 29.5 Å². The number of benzene rings is 3. The average molecular weight is 523 g/mol. The van der Waals surface area contributed by atoms with Crippen LogP contribution in [0.25, 0.3) is 32.5 Å². The molecule has 0 aliphatic heterocycles. The minimum Gasteiger partial charge on any atom is -0.360 e. The summed E-state index contributed by atoms with van der Waals surface area (Å²) in [6.07, 6.45) is -0.471. The van der Waals surface area contributed by atoms with Gasteiger partial charge in [-0.05, 0) is 59.3 Å². The molecule has 188 valence electrons. The van der Waals surface area contributed by atoms with E-state index in [0.717, 1.165) is 33.3 Å². The van der Waals surface area contributed by atoms with Crippen LogP contribution in [0.2, 0.25) is 0 Å². The van der Waals surface area contributed by atoms with Gasteiger partial charge >= 0.3 is 6.18 Å². The van der Waals surface area contributed by atoms with Crippen molar-refractivity contribution in [1.29, 1.82) is 0 Å². The van der Waals surface area contributed by atoms with Crippen molar-refractivity contribution < 1.29 is 17.6 Å². The number of aromatic nitrogens is 2. The Labute approximate surface area is 214 Å². The maximum Gasteiger partial charge on any atom is 0.416 e. The molecule has 4 nitrogen and oxygen atoms in total. The summed E-state index contributed by atoms with van der Waals surface area (Å²) in [6.45, 7) is 0.341. The summed E-state index contributed by atoms with van der Waals surface area (Å²) < 4.78 is 53.2. The molecule has 1 atom stereocenters. The number of pyridine rings is 1. The van der Waals surface area contributed by atoms with E-state index in [0.29, 0.717) is 34.9 Å². The number of nitrogens with one attached hydrogen (secondary N) is 1. The number of nitrogens with zero attached hydrogens (tertiary/aromatic N) is 2. The SMILES string of the molecule is NC(CNc1nc(-c2ccccc2F)c(-c2ccc3cnccc3c2)s1)Cc1ccc(C(F)(F)F)cc1. The minimum absolute atomic E-state index is 0.341. The van der Waals surface area contributed by atoms with Gasteiger partial charge in [-0.25, -0.2) is 9.37 Å². The number of fused-ring (bicyclic) bond motifs is 1. The summed E-state index contributed by atoms with van der Waals surface area (Å²) in [7, 11) is 0. The van der Waals surface area contributed by atoms with Crippen molar-refractivity contribution in [3.63, 3.8) is 0 Å². The third kappa shape index (κ3) is 5.63. The predicted molar refractivity (Wildman–Crippen MR) is 140 cm³/mol. The van der Waals surface area contributed by atoms with Crippen molar-refractivity contribution in [2.75, 3.05) is 11.9 Å². The minimum atomic E-state index is -4.37. The highest BCUT2D eigenvalue weighted by atomic mass is 32.1. The van der Waals surface area contributed by atoms with Gasteiger partial charge in [0, 0.05) is 35.9 Å². The van der Waals surface area contributed by atoms with Crippen LogP contribution in [0.3, 0.4) is 0 Å². The number of rotatable bonds is 7. The first-order valence-corrected chi connectivity index (χ1v) is 12.3. The van der Waals surface area contributed by atoms with Gasteiger partial charge in [-0.3, -0.25) is 4.98 Å². The number of hydrogen-bond donors (Lipinski definition) is 2. The third-order valence-corrected chi connectivity index (χ3v) is 7.02. The highest BCUT2D eigenvalue weighted by Crippen LogP contribution is 2.40. The lowest BCUT2D eigenvalue weighted by Crippen LogP contribution is -2.31. The van der Waals surface area contributed by atoms with Crippen molar-refractivity contribution in [3.05, 3.63) is 102 Å². The number of alkyl halides is 3. The Morgan fingerprint density at radius 3 is 2.49 bits per heavy atom. The quantitative estimate of drug-likeness (QED) is 0.223. The second kappa shape index (κ2) is 10.3. The lowest BCUT2D eigenvalue weighted by atomic mass is 10.0. The van der Waals surface area contributed by atoms with Gasteiger partial charge in [0.2, 0.25) is 0 Å². The molecule has 2 heterocycles. The molecule has 0 spiro atoms. The fraction of sp³-hybridized carbons (Fsp3) is 0.143. The zero-order chi connectivity index (χ0) is 26.0. The first-order valence-electron chi connectivity index (χ1n) is 11.5. The largest absolute Gasteiger partial charge is 0.416 e. The molecular formula is C28H22F4N4S. The van der Waals surface area contributed by atoms with Gasteiger partial charge in [-0.1, -0.05) is 47.7 Å². The molecule has 2 aromatic heterocycles. The first-order chi connectivity index (χ1) is 17.8. The molecule has 0 radical (unpaired) electrons. The van der Waals surface area contributed by atoms with E-state index in [9.17, 15) is 17.6 Å². The van der Waals surface area contributed by atoms with Crippen LogP contribution in [0, 0.1) is 5.82 Å². The summed E-state index contributed by atoms with van der Waals surface area (Å²) in [4.78, 5) is 9.65. The highest BCUT2D eigenvalue weighted by molar-refractivity contribution is 7.19. The van der Waals surface area contributed by atoms with Gasteiger partial charge in [0.15, 0.2) is 5.13 Å². The van der Waals surface area contributed by atoms with Gasteiger partial charge in [-0.2, -0.15) is 13.2 Å². The van der Waals surface area contributed by atoms with Crippen LogP contribution in [0.15, 0.2) is 85.2 Å². The Morgan fingerprint density at radius 1 is 0.946 bits per heavy atom. The van der Waals surface area contributed by atoms with Crippen LogP contribution < -0.4 is 11.1 Å². The van der Waals surface area contributed by atoms with E-state index >= 15 is 0 Å². The van der Waals surface area contributed by atoms with Crippen LogP contribution in [0.1, 0.15) is 11.1 Å². The van der Waals surface area contributed by atoms with Gasteiger partial charge in [-0.15, -0.1) is 0 Å². The summed E-state index contributed by atoms with van der Waals surface area (Å²) >= 11 is 1.39. The number of anilines is 1. The van der Waals surface area contributed by atoms with Crippen molar-refractivity contribution in [3.8, 4) is 21.7 Å². The van der Waals surface area contributed by atoms with Gasteiger partial charge in [0.25, 0.3) is 0 Å². The Balaban J connectivity index is 1.38. The van der Waals surface area contributed by atoms with E-state index in [1.54, 1.807) is 30.6 Å². The van der Waals surface area contributed by atoms with E-state index in [-0.39, 0.29) is 11.9 Å². The molecule has 9 heteroatoms. The molecular weight excluding hydrogens is 500 g/mol. The zero-order valence-corrected chi connectivity index (χ0v) is 20.3. The van der Waals surface area contributed by atoms with Crippen molar-refractivity contribution in [2.24, 2.45) is 5.73 Å². The molecule has 0 fully saturated rings. The van der Waals surface area contributed by atoms with Crippen LogP contribution >= 0.6 is 11.3 Å². The third-order valence-electron chi connectivity index (χ3n) is 5.95. The Bertz CT molecular complexity index is 1530. The Kier molecular flexibility index (Phi) is 6.90. The van der Waals surface area contributed by atoms with E-state index in [1.807, 2.05) is 24.3 Å². The summed E-state index contributed by atoms with van der Waals surface area (Å²) in [5.41, 5.74) is 8.09. The van der Waals surface area contributed by atoms with Gasteiger partial charge < -0.3 is 11.1 Å². The smallest absolute Gasteiger partial charge is 0.360 e. The monoisotopic (exact) mass is 522 g/mol. The fourth-order valence-electron chi connectivity index (χ4n) is 4.07. The average Bonchev–Trinajstić information content (AvgIpc) is 3.31. The topological polar surface area (TPSA) is 63.8 Å². The molecule has 37 heavy (non-hydrogen) atoms. The number of thiazole rings is 1. The lowest BCUT2D eigenvalue weighted by Gasteiger charge is -2.13. The van der Waals surface area contributed by atoms with Crippen LogP contribution in [0.4, 0.5) is 22.7 Å². The standard InChI is InChI=1S/C28H22F4N4S/c29-24-4-2-1-3-23(24)25-26(19-7-8-20-15-34-12-11-18(20)14-19)37-27(36-25)35-16-22(33)13-17-5-9-21(10-6-17)28(30,31)32/h1-12,14-15,22H,13,16,33H2,(H,35,36). The van der Waals surface area contributed by atoms with Gasteiger partial charge in [0.05, 0.1) is 16.1 Å². The highest BCUT2D eigenvalue weighted by Gasteiger charge is 2.30. The zero-order valence-electron chi connectivity index (χ0n) is 19.5. The molecule has 0 aliphatic rings. The van der Waals surface area contributed by atoms with E-state index < -0.39 is 11.7 Å². The number of hydrogen-bond acceptors (Lipinski definition) is 5. The second-order valence-corrected chi connectivity index (χ2v) is 9.65. The second-order valence-electron chi connectivity index (χ2n) is 8.65. The molecule has 0 bridgehead atoms. The van der Waals surface area contributed by atoms with Crippen LogP contribution in [-0.4, -0.2) is 22.6 Å². The first kappa shape index (κ1) is 24.9. The van der Waals surface area contributed by atoms with Gasteiger partial charge in [0.1, 0.15) is 5.82 Å². The predicted octanol–water partition coefficient (Wildman–Crippen LogP) is 7.17. The molecule has 5 rings (SSSR count). The van der Waals surface area contributed by atoms with E-state index in [2.05, 4.69) is 15.3 Å². The molecule has 0 amide bonds. The molecule has 0 saturated heterocycles. The number of nitrogens with two attached hydrogens (primary N) is 1. The molecule has 1 unspecified atom stereocenters. The van der Waals surface area contributed by atoms with Crippen molar-refractivity contribution in [1.82, 2.24) is 9.97 Å². The molecule has 0 saturated carbocycles. The summed E-state index contributed by atoms with van der Waals surface area (Å²) in [5.74, 6) is -0.371. The van der Waals surface area contributed by atoms with Crippen molar-refractivity contribution in [2.45, 2.75) is 18.6 Å². The maximum atomic E-state index is 14.7. The maximum absolute atomic E-state index is 14.7.